The van der Waals surface area contributed by atoms with Gasteiger partial charge in [0.25, 0.3) is 0 Å². The average molecular weight is 432 g/mol. The lowest BCUT2D eigenvalue weighted by atomic mass is 10.0. The molecule has 0 aliphatic rings. The number of esters is 1. The molecule has 0 aromatic heterocycles. The van der Waals surface area contributed by atoms with Crippen LogP contribution in [0.1, 0.15) is 25.8 Å². The van der Waals surface area contributed by atoms with Crippen molar-refractivity contribution in [3.63, 3.8) is 0 Å². The van der Waals surface area contributed by atoms with Gasteiger partial charge >= 0.3 is 5.97 Å². The lowest BCUT2D eigenvalue weighted by Gasteiger charge is -2.31. The predicted molar refractivity (Wildman–Crippen MR) is 117 cm³/mol. The van der Waals surface area contributed by atoms with E-state index in [4.69, 9.17) is 9.47 Å². The summed E-state index contributed by atoms with van der Waals surface area (Å²) < 4.78 is 38.6. The molecule has 0 radical (unpaired) electrons. The number of hydrogen-bond acceptors (Lipinski definition) is 5. The Balaban J connectivity index is 2.33. The molecule has 7 heteroatoms. The van der Waals surface area contributed by atoms with Crippen LogP contribution in [0.25, 0.3) is 0 Å². The summed E-state index contributed by atoms with van der Waals surface area (Å²) in [5.74, 6) is -0.310. The van der Waals surface area contributed by atoms with E-state index >= 15 is 0 Å². The average Bonchev–Trinajstić information content (AvgIpc) is 2.75. The standard InChI is InChI=1S/C23H29NO5S/c1-5-6-16-24(30(26,27)21-14-12-20(28-4)13-15-21)22(18(2)3)23(25)29-17-19-10-8-7-9-11-19/h5,7-15,18,22H,1,6,16-17H2,2-4H3. The second-order valence-electron chi connectivity index (χ2n) is 7.15. The number of hydrogen-bond donors (Lipinski definition) is 0. The molecule has 162 valence electrons. The normalized spacial score (nSPS) is 12.6. The first-order chi connectivity index (χ1) is 14.3. The van der Waals surface area contributed by atoms with Crippen LogP contribution in [0.15, 0.2) is 72.1 Å². The third kappa shape index (κ3) is 5.93. The molecule has 0 amide bonds. The van der Waals surface area contributed by atoms with Gasteiger partial charge in [0.1, 0.15) is 18.4 Å². The number of carbonyl (C=O) groups is 1. The van der Waals surface area contributed by atoms with Gasteiger partial charge in [0, 0.05) is 6.54 Å². The van der Waals surface area contributed by atoms with Crippen LogP contribution < -0.4 is 4.74 Å². The Morgan fingerprint density at radius 2 is 1.73 bits per heavy atom. The first-order valence-corrected chi connectivity index (χ1v) is 11.2. The number of rotatable bonds is 11. The SMILES string of the molecule is C=CCCN(C(C(=O)OCc1ccccc1)C(C)C)S(=O)(=O)c1ccc(OC)cc1. The Morgan fingerprint density at radius 3 is 2.27 bits per heavy atom. The Hall–Kier alpha value is -2.64. The van der Waals surface area contributed by atoms with E-state index in [-0.39, 0.29) is 24.0 Å². The quantitative estimate of drug-likeness (QED) is 0.397. The lowest BCUT2D eigenvalue weighted by Crippen LogP contribution is -2.49. The van der Waals surface area contributed by atoms with Gasteiger partial charge in [-0.1, -0.05) is 50.3 Å². The van der Waals surface area contributed by atoms with E-state index in [1.807, 2.05) is 30.3 Å². The summed E-state index contributed by atoms with van der Waals surface area (Å²) in [5, 5.41) is 0. The van der Waals surface area contributed by atoms with Crippen LogP contribution in [0, 0.1) is 5.92 Å². The van der Waals surface area contributed by atoms with Crippen LogP contribution in [0.2, 0.25) is 0 Å². The molecule has 0 saturated heterocycles. The highest BCUT2D eigenvalue weighted by Gasteiger charge is 2.38. The molecule has 0 heterocycles. The molecule has 0 N–H and O–H groups in total. The summed E-state index contributed by atoms with van der Waals surface area (Å²) in [6, 6.07) is 14.4. The molecule has 0 aliphatic carbocycles. The fourth-order valence-electron chi connectivity index (χ4n) is 3.05. The first-order valence-electron chi connectivity index (χ1n) is 9.78. The minimum Gasteiger partial charge on any atom is -0.497 e. The van der Waals surface area contributed by atoms with E-state index in [9.17, 15) is 13.2 Å². The van der Waals surface area contributed by atoms with Crippen molar-refractivity contribution in [1.29, 1.82) is 0 Å². The Morgan fingerprint density at radius 1 is 1.10 bits per heavy atom. The molecule has 2 rings (SSSR count). The highest BCUT2D eigenvalue weighted by atomic mass is 32.2. The summed E-state index contributed by atoms with van der Waals surface area (Å²) in [5.41, 5.74) is 0.837. The number of carbonyl (C=O) groups excluding carboxylic acids is 1. The van der Waals surface area contributed by atoms with Crippen LogP contribution in [0.5, 0.6) is 5.75 Å². The van der Waals surface area contributed by atoms with Gasteiger partial charge in [0.15, 0.2) is 0 Å². The van der Waals surface area contributed by atoms with Gasteiger partial charge in [0.05, 0.1) is 12.0 Å². The largest absolute Gasteiger partial charge is 0.497 e. The first kappa shape index (κ1) is 23.6. The van der Waals surface area contributed by atoms with Gasteiger partial charge in [0.2, 0.25) is 10.0 Å². The minimum absolute atomic E-state index is 0.0841. The van der Waals surface area contributed by atoms with Crippen LogP contribution in [-0.2, 0) is 26.2 Å². The fourth-order valence-corrected chi connectivity index (χ4v) is 4.77. The van der Waals surface area contributed by atoms with Gasteiger partial charge < -0.3 is 9.47 Å². The van der Waals surface area contributed by atoms with Crippen LogP contribution in [0.4, 0.5) is 0 Å². The number of methoxy groups -OCH3 is 1. The third-order valence-electron chi connectivity index (χ3n) is 4.63. The van der Waals surface area contributed by atoms with Gasteiger partial charge in [-0.15, -0.1) is 6.58 Å². The van der Waals surface area contributed by atoms with Crippen molar-refractivity contribution < 1.29 is 22.7 Å². The van der Waals surface area contributed by atoms with E-state index in [1.165, 1.54) is 23.5 Å². The van der Waals surface area contributed by atoms with E-state index in [0.717, 1.165) is 5.56 Å². The molecular weight excluding hydrogens is 402 g/mol. The molecular formula is C23H29NO5S. The molecule has 0 spiro atoms. The zero-order chi connectivity index (χ0) is 22.1. The molecule has 0 bridgehead atoms. The summed E-state index contributed by atoms with van der Waals surface area (Å²) in [6.45, 7) is 7.50. The second-order valence-corrected chi connectivity index (χ2v) is 9.04. The van der Waals surface area contributed by atoms with Crippen molar-refractivity contribution in [1.82, 2.24) is 4.31 Å². The number of benzene rings is 2. The summed E-state index contributed by atoms with van der Waals surface area (Å²) in [7, 11) is -2.43. The minimum atomic E-state index is -3.94. The Kier molecular flexibility index (Phi) is 8.62. The van der Waals surface area contributed by atoms with Crippen LogP contribution >= 0.6 is 0 Å². The zero-order valence-electron chi connectivity index (χ0n) is 17.7. The van der Waals surface area contributed by atoms with Gasteiger partial charge in [-0.3, -0.25) is 4.79 Å². The topological polar surface area (TPSA) is 72.9 Å². The Bertz CT molecular complexity index is 924. The molecule has 2 aromatic carbocycles. The highest BCUT2D eigenvalue weighted by Crippen LogP contribution is 2.25. The fraction of sp³-hybridized carbons (Fsp3) is 0.348. The van der Waals surface area contributed by atoms with Crippen molar-refractivity contribution in [2.45, 2.75) is 37.8 Å². The number of ether oxygens (including phenoxy) is 2. The van der Waals surface area contributed by atoms with Crippen LogP contribution in [0.3, 0.4) is 0 Å². The lowest BCUT2D eigenvalue weighted by molar-refractivity contribution is -0.151. The summed E-state index contributed by atoms with van der Waals surface area (Å²) in [6.07, 6.45) is 2.04. The van der Waals surface area contributed by atoms with Gasteiger partial charge in [-0.25, -0.2) is 8.42 Å². The monoisotopic (exact) mass is 431 g/mol. The van der Waals surface area contributed by atoms with Crippen molar-refractivity contribution in [3.05, 3.63) is 72.8 Å². The summed E-state index contributed by atoms with van der Waals surface area (Å²) in [4.78, 5) is 13.1. The van der Waals surface area contributed by atoms with Crippen LogP contribution in [-0.4, -0.2) is 38.4 Å². The van der Waals surface area contributed by atoms with Crippen molar-refractivity contribution in [3.8, 4) is 5.75 Å². The number of sulfonamides is 1. The third-order valence-corrected chi connectivity index (χ3v) is 6.52. The van der Waals surface area contributed by atoms with Crippen molar-refractivity contribution in [2.75, 3.05) is 13.7 Å². The molecule has 6 nitrogen and oxygen atoms in total. The van der Waals surface area contributed by atoms with Crippen molar-refractivity contribution >= 4 is 16.0 Å². The van der Waals surface area contributed by atoms with E-state index in [0.29, 0.717) is 12.2 Å². The Labute approximate surface area is 179 Å². The molecule has 0 fully saturated rings. The maximum Gasteiger partial charge on any atom is 0.325 e. The smallest absolute Gasteiger partial charge is 0.325 e. The molecule has 30 heavy (non-hydrogen) atoms. The van der Waals surface area contributed by atoms with E-state index < -0.39 is 22.0 Å². The molecule has 1 atom stereocenters. The summed E-state index contributed by atoms with van der Waals surface area (Å²) >= 11 is 0. The zero-order valence-corrected chi connectivity index (χ0v) is 18.5. The highest BCUT2D eigenvalue weighted by molar-refractivity contribution is 7.89. The predicted octanol–water partition coefficient (Wildman–Crippen LogP) is 4.03. The molecule has 0 saturated carbocycles. The molecule has 1 unspecified atom stereocenters. The molecule has 2 aromatic rings. The van der Waals surface area contributed by atoms with Gasteiger partial charge in [-0.05, 0) is 42.2 Å². The van der Waals surface area contributed by atoms with Crippen molar-refractivity contribution in [2.24, 2.45) is 5.92 Å². The second kappa shape index (κ2) is 10.9. The van der Waals surface area contributed by atoms with E-state index in [1.54, 1.807) is 32.1 Å². The molecule has 0 aliphatic heterocycles. The maximum atomic E-state index is 13.4. The van der Waals surface area contributed by atoms with E-state index in [2.05, 4.69) is 6.58 Å². The maximum absolute atomic E-state index is 13.4. The van der Waals surface area contributed by atoms with Gasteiger partial charge in [-0.2, -0.15) is 4.31 Å². The number of nitrogens with zero attached hydrogens (tertiary/aromatic N) is 1.